The van der Waals surface area contributed by atoms with Gasteiger partial charge < -0.3 is 5.32 Å². The second-order valence-electron chi connectivity index (χ2n) is 2.26. The maximum Gasteiger partial charge on any atom is 0.133 e. The molecule has 0 amide bonds. The van der Waals surface area contributed by atoms with E-state index in [1.165, 1.54) is 5.56 Å². The summed E-state index contributed by atoms with van der Waals surface area (Å²) in [6.07, 6.45) is 8.50. The van der Waals surface area contributed by atoms with Crippen LogP contribution in [0, 0.1) is 0 Å². The molecular weight excluding hydrogens is 168 g/mol. The Kier molecular flexibility index (Phi) is 3.67. The number of anilines is 1. The summed E-state index contributed by atoms with van der Waals surface area (Å²) in [6, 6.07) is 4.04. The minimum absolute atomic E-state index is 0.991. The van der Waals surface area contributed by atoms with Crippen LogP contribution in [0.2, 0.25) is 0 Å². The molecule has 0 saturated heterocycles. The Morgan fingerprint density at radius 1 is 1.50 bits per heavy atom. The molecule has 1 aliphatic rings. The van der Waals surface area contributed by atoms with Crippen molar-refractivity contribution in [1.29, 1.82) is 0 Å². The average Bonchev–Trinajstić information content (AvgIpc) is 2.21. The lowest BCUT2D eigenvalue weighted by Crippen LogP contribution is -2.00. The van der Waals surface area contributed by atoms with Gasteiger partial charge in [0.2, 0.25) is 0 Å². The molecule has 1 aromatic rings. The van der Waals surface area contributed by atoms with Gasteiger partial charge in [0.05, 0.1) is 0 Å². The summed E-state index contributed by atoms with van der Waals surface area (Å²) < 4.78 is 0. The molecule has 0 aliphatic carbocycles. The fraction of sp³-hybridized carbons (Fsp3) is 0.222. The smallest absolute Gasteiger partial charge is 0.133 e. The van der Waals surface area contributed by atoms with Crippen LogP contribution in [0.5, 0.6) is 0 Å². The Morgan fingerprint density at radius 2 is 2.33 bits per heavy atom. The summed E-state index contributed by atoms with van der Waals surface area (Å²) in [4.78, 5) is 4.16. The molecule has 0 unspecified atom stereocenters. The van der Waals surface area contributed by atoms with E-state index in [9.17, 15) is 0 Å². The Balaban J connectivity index is 0.000000336. The number of allylic oxidation sites excluding steroid dienone is 1. The predicted molar refractivity (Wildman–Crippen MR) is 55.6 cm³/mol. The minimum atomic E-state index is 0.991. The van der Waals surface area contributed by atoms with Crippen LogP contribution in [-0.4, -0.2) is 11.2 Å². The van der Waals surface area contributed by atoms with Crippen molar-refractivity contribution in [1.82, 2.24) is 4.98 Å². The maximum atomic E-state index is 4.16. The third-order valence-corrected chi connectivity index (χ3v) is 1.57. The molecule has 12 heavy (non-hydrogen) atoms. The van der Waals surface area contributed by atoms with Gasteiger partial charge in [0.1, 0.15) is 5.82 Å². The molecule has 0 bridgehead atoms. The highest BCUT2D eigenvalue weighted by Gasteiger charge is 2.01. The van der Waals surface area contributed by atoms with Crippen LogP contribution in [0.4, 0.5) is 5.82 Å². The van der Waals surface area contributed by atoms with Crippen molar-refractivity contribution in [3.8, 4) is 0 Å². The van der Waals surface area contributed by atoms with E-state index >= 15 is 0 Å². The third kappa shape index (κ3) is 2.01. The summed E-state index contributed by atoms with van der Waals surface area (Å²) >= 11 is 3.53. The van der Waals surface area contributed by atoms with Crippen LogP contribution >= 0.6 is 12.6 Å². The molecule has 2 rings (SSSR count). The standard InChI is InChI=1S/C8H8N2.CH4S/c1-3-7-4-2-6-10-8(7)9-5-1;1-2/h1-3,5-6H,4H2,(H,9,10);2H,1H3. The van der Waals surface area contributed by atoms with Crippen molar-refractivity contribution in [2.75, 3.05) is 11.6 Å². The fourth-order valence-electron chi connectivity index (χ4n) is 1.06. The number of rotatable bonds is 0. The monoisotopic (exact) mass is 180 g/mol. The van der Waals surface area contributed by atoms with Crippen molar-refractivity contribution < 1.29 is 0 Å². The van der Waals surface area contributed by atoms with Crippen molar-refractivity contribution >= 4 is 18.4 Å². The molecule has 64 valence electrons. The van der Waals surface area contributed by atoms with Crippen LogP contribution in [-0.2, 0) is 6.42 Å². The topological polar surface area (TPSA) is 24.9 Å². The van der Waals surface area contributed by atoms with Crippen molar-refractivity contribution in [2.45, 2.75) is 6.42 Å². The molecule has 2 nitrogen and oxygen atoms in total. The second-order valence-corrected chi connectivity index (χ2v) is 2.26. The quantitative estimate of drug-likeness (QED) is 0.598. The van der Waals surface area contributed by atoms with E-state index in [0.717, 1.165) is 12.2 Å². The first-order chi connectivity index (χ1) is 5.97. The van der Waals surface area contributed by atoms with Gasteiger partial charge in [-0.2, -0.15) is 12.6 Å². The van der Waals surface area contributed by atoms with Crippen molar-refractivity contribution in [3.05, 3.63) is 36.2 Å². The third-order valence-electron chi connectivity index (χ3n) is 1.57. The zero-order valence-corrected chi connectivity index (χ0v) is 7.88. The number of hydrogen-bond acceptors (Lipinski definition) is 3. The number of nitrogens with one attached hydrogen (secondary N) is 1. The van der Waals surface area contributed by atoms with Crippen LogP contribution in [0.25, 0.3) is 0 Å². The molecule has 3 heteroatoms. The van der Waals surface area contributed by atoms with E-state index < -0.39 is 0 Å². The molecule has 0 atom stereocenters. The van der Waals surface area contributed by atoms with Crippen molar-refractivity contribution in [2.24, 2.45) is 0 Å². The maximum absolute atomic E-state index is 4.16. The van der Waals surface area contributed by atoms with E-state index in [0.29, 0.717) is 0 Å². The van der Waals surface area contributed by atoms with Crippen LogP contribution in [0.15, 0.2) is 30.6 Å². The van der Waals surface area contributed by atoms with E-state index in [-0.39, 0.29) is 0 Å². The van der Waals surface area contributed by atoms with E-state index in [4.69, 9.17) is 0 Å². The van der Waals surface area contributed by atoms with E-state index in [1.807, 2.05) is 12.3 Å². The first-order valence-corrected chi connectivity index (χ1v) is 4.66. The summed E-state index contributed by atoms with van der Waals surface area (Å²) in [5, 5.41) is 3.07. The number of hydrogen-bond donors (Lipinski definition) is 2. The molecule has 0 spiro atoms. The van der Waals surface area contributed by atoms with Gasteiger partial charge in [-0.25, -0.2) is 4.98 Å². The molecule has 0 radical (unpaired) electrons. The molecule has 1 N–H and O–H groups in total. The largest absolute Gasteiger partial charge is 0.347 e. The van der Waals surface area contributed by atoms with Gasteiger partial charge in [0.25, 0.3) is 0 Å². The molecule has 0 saturated carbocycles. The molecule has 1 aromatic heterocycles. The predicted octanol–water partition coefficient (Wildman–Crippen LogP) is 2.11. The normalized spacial score (nSPS) is 12.2. The highest BCUT2D eigenvalue weighted by Crippen LogP contribution is 2.15. The summed E-state index contributed by atoms with van der Waals surface area (Å²) in [7, 11) is 0. The Bertz CT molecular complexity index is 244. The Morgan fingerprint density at radius 3 is 3.08 bits per heavy atom. The Labute approximate surface area is 78.1 Å². The average molecular weight is 180 g/mol. The fourth-order valence-corrected chi connectivity index (χ4v) is 1.06. The van der Waals surface area contributed by atoms with Crippen LogP contribution in [0.1, 0.15) is 5.56 Å². The highest BCUT2D eigenvalue weighted by atomic mass is 32.1. The van der Waals surface area contributed by atoms with E-state index in [2.05, 4.69) is 35.1 Å². The lowest BCUT2D eigenvalue weighted by Gasteiger charge is -2.09. The van der Waals surface area contributed by atoms with Crippen LogP contribution < -0.4 is 5.32 Å². The minimum Gasteiger partial charge on any atom is -0.347 e. The van der Waals surface area contributed by atoms with E-state index in [1.54, 1.807) is 12.5 Å². The molecule has 2 heterocycles. The lowest BCUT2D eigenvalue weighted by molar-refractivity contribution is 1.15. The lowest BCUT2D eigenvalue weighted by atomic mass is 10.1. The number of fused-ring (bicyclic) bond motifs is 1. The summed E-state index contributed by atoms with van der Waals surface area (Å²) in [5.74, 6) is 0.991. The number of nitrogens with zero attached hydrogens (tertiary/aromatic N) is 1. The van der Waals surface area contributed by atoms with Crippen LogP contribution in [0.3, 0.4) is 0 Å². The van der Waals surface area contributed by atoms with Crippen molar-refractivity contribution in [3.63, 3.8) is 0 Å². The highest BCUT2D eigenvalue weighted by molar-refractivity contribution is 7.79. The molecule has 1 aliphatic heterocycles. The summed E-state index contributed by atoms with van der Waals surface area (Å²) in [6.45, 7) is 0. The zero-order valence-electron chi connectivity index (χ0n) is 6.99. The van der Waals surface area contributed by atoms with Gasteiger partial charge in [0.15, 0.2) is 0 Å². The number of aromatic nitrogens is 1. The van der Waals surface area contributed by atoms with Gasteiger partial charge in [-0.15, -0.1) is 0 Å². The molecule has 0 aromatic carbocycles. The van der Waals surface area contributed by atoms with Gasteiger partial charge in [-0.1, -0.05) is 12.1 Å². The van der Waals surface area contributed by atoms with Gasteiger partial charge >= 0.3 is 0 Å². The first-order valence-electron chi connectivity index (χ1n) is 3.77. The first kappa shape index (κ1) is 9.13. The zero-order chi connectivity index (χ0) is 8.81. The van der Waals surface area contributed by atoms with Gasteiger partial charge in [-0.05, 0) is 30.5 Å². The number of pyridine rings is 1. The SMILES string of the molecule is C1=CNc2ncccc2C1.CS. The molecular formula is C9H12N2S. The van der Waals surface area contributed by atoms with Gasteiger partial charge in [0, 0.05) is 6.20 Å². The van der Waals surface area contributed by atoms with Gasteiger partial charge in [-0.3, -0.25) is 0 Å². The molecule has 0 fully saturated rings. The number of thiol groups is 1. The Hall–Kier alpha value is -0.960. The summed E-state index contributed by atoms with van der Waals surface area (Å²) in [5.41, 5.74) is 1.27. The second kappa shape index (κ2) is 4.83.